The van der Waals surface area contributed by atoms with Crippen LogP contribution in [-0.4, -0.2) is 56.2 Å². The molecule has 1 aromatic heterocycles. The van der Waals surface area contributed by atoms with Crippen LogP contribution in [0.1, 0.15) is 11.6 Å². The van der Waals surface area contributed by atoms with Gasteiger partial charge in [0.1, 0.15) is 11.5 Å². The predicted octanol–water partition coefficient (Wildman–Crippen LogP) is 2.11. The fourth-order valence-corrected chi connectivity index (χ4v) is 3.12. The van der Waals surface area contributed by atoms with Gasteiger partial charge in [-0.25, -0.2) is 0 Å². The topological polar surface area (TPSA) is 75.7 Å². The molecular formula is C19H25ClN4O3. The largest absolute Gasteiger partial charge is 0.497 e. The first-order valence-corrected chi connectivity index (χ1v) is 8.58. The molecular weight excluding hydrogens is 368 g/mol. The number of piperazine rings is 1. The third-order valence-corrected chi connectivity index (χ3v) is 4.45. The summed E-state index contributed by atoms with van der Waals surface area (Å²) in [6.45, 7) is 2.73. The maximum absolute atomic E-state index is 12.6. The van der Waals surface area contributed by atoms with E-state index in [4.69, 9.17) is 9.47 Å². The van der Waals surface area contributed by atoms with Crippen molar-refractivity contribution in [2.24, 2.45) is 0 Å². The summed E-state index contributed by atoms with van der Waals surface area (Å²) in [5.74, 6) is 1.17. The van der Waals surface area contributed by atoms with Gasteiger partial charge < -0.3 is 20.1 Å². The molecule has 0 bridgehead atoms. The second kappa shape index (κ2) is 10.1. The van der Waals surface area contributed by atoms with Crippen LogP contribution < -0.4 is 20.1 Å². The van der Waals surface area contributed by atoms with Gasteiger partial charge >= 0.3 is 0 Å². The summed E-state index contributed by atoms with van der Waals surface area (Å²) >= 11 is 0. The molecule has 1 amide bonds. The van der Waals surface area contributed by atoms with E-state index in [0.717, 1.165) is 25.2 Å². The molecule has 1 atom stereocenters. The molecule has 146 valence electrons. The Labute approximate surface area is 165 Å². The van der Waals surface area contributed by atoms with Crippen LogP contribution >= 0.6 is 12.4 Å². The van der Waals surface area contributed by atoms with Crippen LogP contribution in [0.15, 0.2) is 42.7 Å². The van der Waals surface area contributed by atoms with E-state index in [1.807, 2.05) is 18.3 Å². The molecule has 8 heteroatoms. The van der Waals surface area contributed by atoms with E-state index in [-0.39, 0.29) is 24.4 Å². The van der Waals surface area contributed by atoms with Gasteiger partial charge in [0, 0.05) is 44.1 Å². The third kappa shape index (κ3) is 5.32. The zero-order valence-electron chi connectivity index (χ0n) is 15.5. The highest BCUT2D eigenvalue weighted by Gasteiger charge is 2.26. The summed E-state index contributed by atoms with van der Waals surface area (Å²) in [7, 11) is 3.17. The average molecular weight is 393 g/mol. The third-order valence-electron chi connectivity index (χ3n) is 4.45. The quantitative estimate of drug-likeness (QED) is 0.784. The van der Waals surface area contributed by atoms with Gasteiger partial charge in [0.05, 0.1) is 26.5 Å². The summed E-state index contributed by atoms with van der Waals surface area (Å²) in [6, 6.07) is 9.41. The molecule has 1 unspecified atom stereocenters. The van der Waals surface area contributed by atoms with Gasteiger partial charge in [0.2, 0.25) is 5.91 Å². The Kier molecular flexibility index (Phi) is 7.84. The SMILES string of the molecule is COc1ccc(OC)c(NC(=O)CN2CCNCC2c2cccnc2)c1.Cl. The molecule has 1 aromatic carbocycles. The number of carbonyl (C=O) groups excluding carboxylic acids is 1. The Morgan fingerprint density at radius 3 is 2.89 bits per heavy atom. The number of ether oxygens (including phenoxy) is 2. The Morgan fingerprint density at radius 2 is 2.19 bits per heavy atom. The van der Waals surface area contributed by atoms with Crippen molar-refractivity contribution in [2.45, 2.75) is 6.04 Å². The summed E-state index contributed by atoms with van der Waals surface area (Å²) in [4.78, 5) is 19.0. The Morgan fingerprint density at radius 1 is 1.33 bits per heavy atom. The number of hydrogen-bond acceptors (Lipinski definition) is 6. The van der Waals surface area contributed by atoms with Crippen molar-refractivity contribution in [1.82, 2.24) is 15.2 Å². The molecule has 0 radical (unpaired) electrons. The molecule has 2 aromatic rings. The first-order chi connectivity index (χ1) is 12.7. The minimum atomic E-state index is -0.0904. The van der Waals surface area contributed by atoms with Gasteiger partial charge in [-0.05, 0) is 23.8 Å². The maximum atomic E-state index is 12.6. The summed E-state index contributed by atoms with van der Waals surface area (Å²) in [6.07, 6.45) is 3.61. The number of pyridine rings is 1. The minimum absolute atomic E-state index is 0. The molecule has 27 heavy (non-hydrogen) atoms. The van der Waals surface area contributed by atoms with Crippen LogP contribution in [0.2, 0.25) is 0 Å². The molecule has 2 heterocycles. The van der Waals surface area contributed by atoms with Gasteiger partial charge in [-0.3, -0.25) is 14.7 Å². The van der Waals surface area contributed by atoms with Crippen molar-refractivity contribution in [3.05, 3.63) is 48.3 Å². The summed E-state index contributed by atoms with van der Waals surface area (Å²) in [5.41, 5.74) is 1.70. The minimum Gasteiger partial charge on any atom is -0.497 e. The van der Waals surface area contributed by atoms with Crippen molar-refractivity contribution < 1.29 is 14.3 Å². The lowest BCUT2D eigenvalue weighted by molar-refractivity contribution is -0.118. The van der Waals surface area contributed by atoms with E-state index in [2.05, 4.69) is 20.5 Å². The smallest absolute Gasteiger partial charge is 0.238 e. The highest BCUT2D eigenvalue weighted by molar-refractivity contribution is 5.94. The molecule has 7 nitrogen and oxygen atoms in total. The molecule has 0 spiro atoms. The average Bonchev–Trinajstić information content (AvgIpc) is 2.69. The summed E-state index contributed by atoms with van der Waals surface area (Å²) < 4.78 is 10.6. The standard InChI is InChI=1S/C19H24N4O3.ClH/c1-25-15-5-6-18(26-2)16(10-15)22-19(24)13-23-9-8-21-12-17(23)14-4-3-7-20-11-14;/h3-7,10-11,17,21H,8-9,12-13H2,1-2H3,(H,22,24);1H. The van der Waals surface area contributed by atoms with E-state index < -0.39 is 0 Å². The number of rotatable bonds is 6. The summed E-state index contributed by atoms with van der Waals surface area (Å²) in [5, 5.41) is 6.32. The normalized spacial score (nSPS) is 16.9. The van der Waals surface area contributed by atoms with Gasteiger partial charge in [0.25, 0.3) is 0 Å². The zero-order chi connectivity index (χ0) is 18.4. The van der Waals surface area contributed by atoms with Crippen molar-refractivity contribution >= 4 is 24.0 Å². The number of nitrogens with one attached hydrogen (secondary N) is 2. The molecule has 0 aliphatic carbocycles. The van der Waals surface area contributed by atoms with Crippen LogP contribution in [0.25, 0.3) is 0 Å². The predicted molar refractivity (Wildman–Crippen MR) is 107 cm³/mol. The number of nitrogens with zero attached hydrogens (tertiary/aromatic N) is 2. The van der Waals surface area contributed by atoms with Crippen LogP contribution in [0.3, 0.4) is 0 Å². The maximum Gasteiger partial charge on any atom is 0.238 e. The number of halogens is 1. The molecule has 1 fully saturated rings. The number of benzene rings is 1. The molecule has 0 saturated carbocycles. The van der Waals surface area contributed by atoms with Crippen LogP contribution in [0.4, 0.5) is 5.69 Å². The van der Waals surface area contributed by atoms with Crippen molar-refractivity contribution in [3.8, 4) is 11.5 Å². The van der Waals surface area contributed by atoms with Gasteiger partial charge in [-0.2, -0.15) is 0 Å². The molecule has 1 saturated heterocycles. The fraction of sp³-hybridized carbons (Fsp3) is 0.368. The van der Waals surface area contributed by atoms with E-state index in [9.17, 15) is 4.79 Å². The lowest BCUT2D eigenvalue weighted by Crippen LogP contribution is -2.48. The lowest BCUT2D eigenvalue weighted by Gasteiger charge is -2.35. The first-order valence-electron chi connectivity index (χ1n) is 8.58. The van der Waals surface area contributed by atoms with E-state index in [1.165, 1.54) is 0 Å². The van der Waals surface area contributed by atoms with Gasteiger partial charge in [-0.15, -0.1) is 12.4 Å². The molecule has 2 N–H and O–H groups in total. The second-order valence-corrected chi connectivity index (χ2v) is 6.09. The van der Waals surface area contributed by atoms with Crippen molar-refractivity contribution in [2.75, 3.05) is 45.7 Å². The zero-order valence-corrected chi connectivity index (χ0v) is 16.3. The number of carbonyl (C=O) groups is 1. The van der Waals surface area contributed by atoms with Crippen LogP contribution in [0, 0.1) is 0 Å². The first kappa shape index (κ1) is 21.0. The molecule has 1 aliphatic rings. The number of hydrogen-bond donors (Lipinski definition) is 2. The Balaban J connectivity index is 0.00000261. The van der Waals surface area contributed by atoms with Crippen LogP contribution in [0.5, 0.6) is 11.5 Å². The monoisotopic (exact) mass is 392 g/mol. The van der Waals surface area contributed by atoms with E-state index >= 15 is 0 Å². The Bertz CT molecular complexity index is 745. The van der Waals surface area contributed by atoms with Gasteiger partial charge in [-0.1, -0.05) is 6.07 Å². The fourth-order valence-electron chi connectivity index (χ4n) is 3.12. The van der Waals surface area contributed by atoms with Crippen molar-refractivity contribution in [1.29, 1.82) is 0 Å². The molecule has 3 rings (SSSR count). The van der Waals surface area contributed by atoms with Crippen molar-refractivity contribution in [3.63, 3.8) is 0 Å². The van der Waals surface area contributed by atoms with E-state index in [0.29, 0.717) is 23.7 Å². The number of amides is 1. The lowest BCUT2D eigenvalue weighted by atomic mass is 10.1. The number of aromatic nitrogens is 1. The Hall–Kier alpha value is -2.35. The molecule has 1 aliphatic heterocycles. The highest BCUT2D eigenvalue weighted by atomic mass is 35.5. The number of methoxy groups -OCH3 is 2. The van der Waals surface area contributed by atoms with Crippen LogP contribution in [-0.2, 0) is 4.79 Å². The van der Waals surface area contributed by atoms with E-state index in [1.54, 1.807) is 38.6 Å². The second-order valence-electron chi connectivity index (χ2n) is 6.09. The highest BCUT2D eigenvalue weighted by Crippen LogP contribution is 2.29. The number of anilines is 1. The van der Waals surface area contributed by atoms with Gasteiger partial charge in [0.15, 0.2) is 0 Å².